The van der Waals surface area contributed by atoms with E-state index in [9.17, 15) is 13.2 Å². The molecule has 1 aliphatic rings. The second kappa shape index (κ2) is 5.77. The molecular weight excluding hydrogens is 290 g/mol. The van der Waals surface area contributed by atoms with Gasteiger partial charge in [0.2, 0.25) is 5.91 Å². The van der Waals surface area contributed by atoms with Gasteiger partial charge in [-0.3, -0.25) is 4.79 Å². The van der Waals surface area contributed by atoms with Gasteiger partial charge in [-0.2, -0.15) is 0 Å². The van der Waals surface area contributed by atoms with Crippen LogP contribution >= 0.6 is 0 Å². The first-order valence-electron chi connectivity index (χ1n) is 6.82. The van der Waals surface area contributed by atoms with Crippen molar-refractivity contribution in [1.29, 1.82) is 0 Å². The lowest BCUT2D eigenvalue weighted by molar-refractivity contribution is -0.130. The Morgan fingerprint density at radius 1 is 1.29 bits per heavy atom. The number of ether oxygens (including phenoxy) is 1. The van der Waals surface area contributed by atoms with E-state index in [0.717, 1.165) is 11.1 Å². The number of rotatable bonds is 5. The van der Waals surface area contributed by atoms with Crippen LogP contribution in [0.3, 0.4) is 0 Å². The third-order valence-corrected chi connectivity index (χ3v) is 4.71. The smallest absolute Gasteiger partial charge is 0.225 e. The molecule has 0 unspecified atom stereocenters. The summed E-state index contributed by atoms with van der Waals surface area (Å²) in [6.45, 7) is 4.52. The van der Waals surface area contributed by atoms with Gasteiger partial charge in [0.1, 0.15) is 15.4 Å². The predicted molar refractivity (Wildman–Crippen MR) is 81.0 cm³/mol. The first-order valence-corrected chi connectivity index (χ1v) is 8.88. The molecule has 1 aromatic carbocycles. The van der Waals surface area contributed by atoms with Crippen molar-refractivity contribution in [2.45, 2.75) is 25.8 Å². The highest BCUT2D eigenvalue weighted by Crippen LogP contribution is 2.19. The average molecular weight is 311 g/mol. The van der Waals surface area contributed by atoms with Gasteiger partial charge >= 0.3 is 0 Å². The molecule has 0 aliphatic carbocycles. The van der Waals surface area contributed by atoms with E-state index in [2.05, 4.69) is 5.32 Å². The minimum absolute atomic E-state index is 0.0847. The lowest BCUT2D eigenvalue weighted by atomic mass is 9.99. The van der Waals surface area contributed by atoms with Gasteiger partial charge in [-0.1, -0.05) is 18.2 Å². The van der Waals surface area contributed by atoms with Crippen molar-refractivity contribution in [3.63, 3.8) is 0 Å². The molecule has 0 bridgehead atoms. The van der Waals surface area contributed by atoms with Crippen LogP contribution in [0.15, 0.2) is 18.2 Å². The lowest BCUT2D eigenvalue weighted by Crippen LogP contribution is -2.65. The third-order valence-electron chi connectivity index (χ3n) is 3.64. The summed E-state index contributed by atoms with van der Waals surface area (Å²) in [5.74, 6) is -0.260. The molecule has 1 amide bonds. The van der Waals surface area contributed by atoms with E-state index in [0.29, 0.717) is 0 Å². The Hall–Kier alpha value is -1.40. The van der Waals surface area contributed by atoms with Crippen LogP contribution in [0.5, 0.6) is 0 Å². The Labute approximate surface area is 125 Å². The maximum absolute atomic E-state index is 12.1. The average Bonchev–Trinajstić information content (AvgIpc) is 2.29. The molecule has 21 heavy (non-hydrogen) atoms. The highest BCUT2D eigenvalue weighted by molar-refractivity contribution is 7.90. The monoisotopic (exact) mass is 311 g/mol. The second-order valence-corrected chi connectivity index (χ2v) is 8.13. The van der Waals surface area contributed by atoms with Crippen LogP contribution in [-0.2, 0) is 25.8 Å². The molecule has 116 valence electrons. The molecule has 2 rings (SSSR count). The Morgan fingerprint density at radius 3 is 2.43 bits per heavy atom. The fourth-order valence-electron chi connectivity index (χ4n) is 2.48. The van der Waals surface area contributed by atoms with Crippen molar-refractivity contribution in [1.82, 2.24) is 5.32 Å². The largest absolute Gasteiger partial charge is 0.376 e. The SMILES string of the molecule is Cc1ccc(CC(=O)NC2(CS(C)(=O)=O)COC2)cc1C. The number of amides is 1. The van der Waals surface area contributed by atoms with Crippen molar-refractivity contribution >= 4 is 15.7 Å². The van der Waals surface area contributed by atoms with E-state index in [4.69, 9.17) is 4.74 Å². The quantitative estimate of drug-likeness (QED) is 0.872. The number of aryl methyl sites for hydroxylation is 2. The van der Waals surface area contributed by atoms with E-state index in [1.165, 1.54) is 11.8 Å². The van der Waals surface area contributed by atoms with Gasteiger partial charge in [0, 0.05) is 6.26 Å². The van der Waals surface area contributed by atoms with Gasteiger partial charge < -0.3 is 10.1 Å². The molecule has 1 saturated heterocycles. The molecule has 0 aromatic heterocycles. The van der Waals surface area contributed by atoms with Gasteiger partial charge in [-0.15, -0.1) is 0 Å². The molecule has 6 heteroatoms. The highest BCUT2D eigenvalue weighted by Gasteiger charge is 2.42. The van der Waals surface area contributed by atoms with Gasteiger partial charge in [0.25, 0.3) is 0 Å². The summed E-state index contributed by atoms with van der Waals surface area (Å²) in [6, 6.07) is 5.88. The van der Waals surface area contributed by atoms with Crippen LogP contribution in [0.1, 0.15) is 16.7 Å². The lowest BCUT2D eigenvalue weighted by Gasteiger charge is -2.41. The first-order chi connectivity index (χ1) is 9.69. The van der Waals surface area contributed by atoms with Crippen LogP contribution in [0.25, 0.3) is 0 Å². The van der Waals surface area contributed by atoms with Crippen molar-refractivity contribution in [3.05, 3.63) is 34.9 Å². The summed E-state index contributed by atoms with van der Waals surface area (Å²) in [6.07, 6.45) is 1.41. The maximum Gasteiger partial charge on any atom is 0.225 e. The van der Waals surface area contributed by atoms with E-state index >= 15 is 0 Å². The van der Waals surface area contributed by atoms with Gasteiger partial charge in [-0.05, 0) is 30.5 Å². The summed E-state index contributed by atoms with van der Waals surface area (Å²) < 4.78 is 28.0. The minimum atomic E-state index is -3.17. The third kappa shape index (κ3) is 4.28. The Kier molecular flexibility index (Phi) is 4.39. The van der Waals surface area contributed by atoms with E-state index < -0.39 is 15.4 Å². The van der Waals surface area contributed by atoms with Crippen LogP contribution in [0, 0.1) is 13.8 Å². The number of hydrogen-bond donors (Lipinski definition) is 1. The first kappa shape index (κ1) is 16.0. The van der Waals surface area contributed by atoms with Crippen molar-refractivity contribution in [2.75, 3.05) is 25.2 Å². The van der Waals surface area contributed by atoms with E-state index in [1.54, 1.807) is 0 Å². The Bertz CT molecular complexity index is 648. The van der Waals surface area contributed by atoms with Crippen molar-refractivity contribution < 1.29 is 17.9 Å². The Morgan fingerprint density at radius 2 is 1.95 bits per heavy atom. The summed E-state index contributed by atoms with van der Waals surface area (Å²) in [7, 11) is -3.17. The minimum Gasteiger partial charge on any atom is -0.376 e. The molecule has 0 spiro atoms. The normalized spacial score (nSPS) is 17.1. The topological polar surface area (TPSA) is 72.5 Å². The van der Waals surface area contributed by atoms with Gasteiger partial charge in [-0.25, -0.2) is 8.42 Å². The van der Waals surface area contributed by atoms with E-state index in [-0.39, 0.29) is 31.3 Å². The molecule has 1 fully saturated rings. The maximum atomic E-state index is 12.1. The highest BCUT2D eigenvalue weighted by atomic mass is 32.2. The zero-order chi connectivity index (χ0) is 15.7. The molecule has 0 radical (unpaired) electrons. The number of nitrogens with one attached hydrogen (secondary N) is 1. The molecule has 1 heterocycles. The molecule has 0 atom stereocenters. The fraction of sp³-hybridized carbons (Fsp3) is 0.533. The van der Waals surface area contributed by atoms with Crippen molar-refractivity contribution in [2.24, 2.45) is 0 Å². The van der Waals surface area contributed by atoms with Gasteiger partial charge in [0.05, 0.1) is 25.4 Å². The molecule has 5 nitrogen and oxygen atoms in total. The van der Waals surface area contributed by atoms with Gasteiger partial charge in [0.15, 0.2) is 0 Å². The number of benzene rings is 1. The van der Waals surface area contributed by atoms with E-state index in [1.807, 2.05) is 32.0 Å². The molecule has 1 aliphatic heterocycles. The Balaban J connectivity index is 2.02. The number of carbonyl (C=O) groups excluding carboxylic acids is 1. The second-order valence-electron chi connectivity index (χ2n) is 5.99. The molecule has 1 N–H and O–H groups in total. The van der Waals surface area contributed by atoms with Crippen LogP contribution < -0.4 is 5.32 Å². The summed E-state index contributed by atoms with van der Waals surface area (Å²) in [5, 5.41) is 2.83. The zero-order valence-corrected chi connectivity index (χ0v) is 13.4. The molecule has 0 saturated carbocycles. The van der Waals surface area contributed by atoms with Crippen molar-refractivity contribution in [3.8, 4) is 0 Å². The number of carbonyl (C=O) groups is 1. The standard InChI is InChI=1S/C15H21NO4S/c1-11-4-5-13(6-12(11)2)7-14(17)16-15(8-20-9-15)10-21(3,18)19/h4-6H,7-10H2,1-3H3,(H,16,17). The molecule has 1 aromatic rings. The number of sulfone groups is 1. The van der Waals surface area contributed by atoms with Crippen LogP contribution in [0.4, 0.5) is 0 Å². The summed E-state index contributed by atoms with van der Waals surface area (Å²) in [5.41, 5.74) is 2.48. The summed E-state index contributed by atoms with van der Waals surface area (Å²) >= 11 is 0. The molecular formula is C15H21NO4S. The summed E-state index contributed by atoms with van der Waals surface area (Å²) in [4.78, 5) is 12.1. The fourth-order valence-corrected chi connectivity index (χ4v) is 3.72. The van der Waals surface area contributed by atoms with Crippen LogP contribution in [0.2, 0.25) is 0 Å². The van der Waals surface area contributed by atoms with Crippen LogP contribution in [-0.4, -0.2) is 45.1 Å². The zero-order valence-electron chi connectivity index (χ0n) is 12.6. The number of hydrogen-bond acceptors (Lipinski definition) is 4. The predicted octanol–water partition coefficient (Wildman–Crippen LogP) is 0.776.